The molecule has 2 heterocycles. The quantitative estimate of drug-likeness (QED) is 0.865. The van der Waals surface area contributed by atoms with Gasteiger partial charge in [0.25, 0.3) is 0 Å². The molecule has 1 aromatic heterocycles. The first-order chi connectivity index (χ1) is 10.7. The maximum Gasteiger partial charge on any atom is 0.223 e. The molecule has 3 nitrogen and oxygen atoms in total. The number of halogens is 1. The first-order valence-electron chi connectivity index (χ1n) is 7.68. The van der Waals surface area contributed by atoms with Crippen LogP contribution in [-0.4, -0.2) is 22.3 Å². The molecule has 114 valence electrons. The van der Waals surface area contributed by atoms with Crippen molar-refractivity contribution >= 4 is 5.91 Å². The number of likely N-dealkylation sites (tertiary alicyclic amines) is 1. The number of pyridine rings is 1. The van der Waals surface area contributed by atoms with Gasteiger partial charge < -0.3 is 4.90 Å². The molecular weight excluding hydrogens is 279 g/mol. The summed E-state index contributed by atoms with van der Waals surface area (Å²) in [5.41, 5.74) is 2.10. The van der Waals surface area contributed by atoms with Crippen molar-refractivity contribution < 1.29 is 9.18 Å². The van der Waals surface area contributed by atoms with Gasteiger partial charge in [-0.2, -0.15) is 0 Å². The van der Waals surface area contributed by atoms with Crippen molar-refractivity contribution in [1.82, 2.24) is 9.88 Å². The molecule has 4 heteroatoms. The molecular formula is C18H19FN2O. The molecule has 1 aliphatic rings. The van der Waals surface area contributed by atoms with E-state index in [0.29, 0.717) is 12.8 Å². The Kier molecular flexibility index (Phi) is 4.47. The van der Waals surface area contributed by atoms with Crippen molar-refractivity contribution in [3.8, 4) is 0 Å². The van der Waals surface area contributed by atoms with Crippen LogP contribution in [0.3, 0.4) is 0 Å². The largest absolute Gasteiger partial charge is 0.336 e. The summed E-state index contributed by atoms with van der Waals surface area (Å²) < 4.78 is 13.1. The summed E-state index contributed by atoms with van der Waals surface area (Å²) in [7, 11) is 0. The lowest BCUT2D eigenvalue weighted by atomic mass is 10.0. The topological polar surface area (TPSA) is 33.2 Å². The first-order valence-corrected chi connectivity index (χ1v) is 7.68. The summed E-state index contributed by atoms with van der Waals surface area (Å²) in [5.74, 6) is -0.0770. The Morgan fingerprint density at radius 3 is 2.82 bits per heavy atom. The fourth-order valence-corrected chi connectivity index (χ4v) is 3.04. The fourth-order valence-electron chi connectivity index (χ4n) is 3.04. The van der Waals surface area contributed by atoms with E-state index in [0.717, 1.165) is 30.5 Å². The average Bonchev–Trinajstić information content (AvgIpc) is 3.04. The van der Waals surface area contributed by atoms with E-state index in [4.69, 9.17) is 0 Å². The van der Waals surface area contributed by atoms with Gasteiger partial charge in [-0.15, -0.1) is 0 Å². The smallest absolute Gasteiger partial charge is 0.223 e. The molecule has 1 amide bonds. The van der Waals surface area contributed by atoms with E-state index in [1.807, 2.05) is 17.0 Å². The number of rotatable bonds is 4. The van der Waals surface area contributed by atoms with Gasteiger partial charge in [0.1, 0.15) is 5.82 Å². The van der Waals surface area contributed by atoms with Crippen LogP contribution in [0.15, 0.2) is 48.8 Å². The standard InChI is InChI=1S/C18H19FN2O/c19-16-8-6-15(7-9-16)17-4-2-12-21(17)18(22)10-5-14-3-1-11-20-13-14/h1,3,6-9,11,13,17H,2,4-5,10,12H2. The second-order valence-corrected chi connectivity index (χ2v) is 5.66. The number of hydrogen-bond acceptors (Lipinski definition) is 2. The number of hydrogen-bond donors (Lipinski definition) is 0. The van der Waals surface area contributed by atoms with Gasteiger partial charge in [-0.25, -0.2) is 4.39 Å². The molecule has 3 rings (SSSR count). The van der Waals surface area contributed by atoms with Gasteiger partial charge in [-0.05, 0) is 48.6 Å². The highest BCUT2D eigenvalue weighted by molar-refractivity contribution is 5.77. The van der Waals surface area contributed by atoms with Gasteiger partial charge in [0, 0.05) is 25.4 Å². The fraction of sp³-hybridized carbons (Fsp3) is 0.333. The Morgan fingerprint density at radius 1 is 1.27 bits per heavy atom. The summed E-state index contributed by atoms with van der Waals surface area (Å²) in [6, 6.07) is 10.5. The van der Waals surface area contributed by atoms with Crippen molar-refractivity contribution in [3.63, 3.8) is 0 Å². The normalized spacial score (nSPS) is 17.7. The zero-order chi connectivity index (χ0) is 15.4. The Balaban J connectivity index is 1.65. The van der Waals surface area contributed by atoms with Crippen molar-refractivity contribution in [1.29, 1.82) is 0 Å². The van der Waals surface area contributed by atoms with Crippen LogP contribution >= 0.6 is 0 Å². The van der Waals surface area contributed by atoms with E-state index in [1.54, 1.807) is 24.5 Å². The van der Waals surface area contributed by atoms with Gasteiger partial charge in [0.15, 0.2) is 0 Å². The van der Waals surface area contributed by atoms with Crippen LogP contribution in [0.5, 0.6) is 0 Å². The molecule has 0 bridgehead atoms. The van der Waals surface area contributed by atoms with E-state index in [2.05, 4.69) is 4.98 Å². The minimum absolute atomic E-state index is 0.0852. The first kappa shape index (κ1) is 14.7. The lowest BCUT2D eigenvalue weighted by Gasteiger charge is -2.25. The number of amides is 1. The predicted molar refractivity (Wildman–Crippen MR) is 82.6 cm³/mol. The van der Waals surface area contributed by atoms with E-state index in [9.17, 15) is 9.18 Å². The van der Waals surface area contributed by atoms with Crippen molar-refractivity contribution in [2.75, 3.05) is 6.54 Å². The Bertz CT molecular complexity index is 627. The van der Waals surface area contributed by atoms with Crippen molar-refractivity contribution in [2.24, 2.45) is 0 Å². The van der Waals surface area contributed by atoms with Crippen molar-refractivity contribution in [3.05, 3.63) is 65.7 Å². The monoisotopic (exact) mass is 298 g/mol. The minimum atomic E-state index is -0.240. The number of aromatic nitrogens is 1. The highest BCUT2D eigenvalue weighted by Crippen LogP contribution is 2.32. The molecule has 1 saturated heterocycles. The Labute approximate surface area is 129 Å². The van der Waals surface area contributed by atoms with E-state index < -0.39 is 0 Å². The number of benzene rings is 1. The zero-order valence-corrected chi connectivity index (χ0v) is 12.4. The molecule has 1 fully saturated rings. The predicted octanol–water partition coefficient (Wildman–Crippen LogP) is 3.52. The van der Waals surface area contributed by atoms with Crippen molar-refractivity contribution in [2.45, 2.75) is 31.7 Å². The zero-order valence-electron chi connectivity index (χ0n) is 12.4. The molecule has 1 aromatic carbocycles. The van der Waals surface area contributed by atoms with Crippen LogP contribution < -0.4 is 0 Å². The third kappa shape index (κ3) is 3.32. The summed E-state index contributed by atoms with van der Waals surface area (Å²) in [5, 5.41) is 0. The van der Waals surface area contributed by atoms with Gasteiger partial charge in [-0.3, -0.25) is 9.78 Å². The van der Waals surface area contributed by atoms with Gasteiger partial charge >= 0.3 is 0 Å². The van der Waals surface area contributed by atoms with Crippen LogP contribution in [0.2, 0.25) is 0 Å². The third-order valence-electron chi connectivity index (χ3n) is 4.18. The highest BCUT2D eigenvalue weighted by Gasteiger charge is 2.29. The van der Waals surface area contributed by atoms with Gasteiger partial charge in [0.2, 0.25) is 5.91 Å². The summed E-state index contributed by atoms with van der Waals surface area (Å²) in [6.45, 7) is 0.786. The van der Waals surface area contributed by atoms with E-state index >= 15 is 0 Å². The van der Waals surface area contributed by atoms with Crippen LogP contribution in [0, 0.1) is 5.82 Å². The van der Waals surface area contributed by atoms with Crippen LogP contribution in [0.25, 0.3) is 0 Å². The van der Waals surface area contributed by atoms with Crippen LogP contribution in [0.1, 0.15) is 36.4 Å². The SMILES string of the molecule is O=C(CCc1cccnc1)N1CCCC1c1ccc(F)cc1. The second-order valence-electron chi connectivity index (χ2n) is 5.66. The molecule has 0 radical (unpaired) electrons. The summed E-state index contributed by atoms with van der Waals surface area (Å²) >= 11 is 0. The molecule has 1 atom stereocenters. The van der Waals surface area contributed by atoms with Crippen LogP contribution in [-0.2, 0) is 11.2 Å². The maximum absolute atomic E-state index is 13.1. The molecule has 0 saturated carbocycles. The highest BCUT2D eigenvalue weighted by atomic mass is 19.1. The second kappa shape index (κ2) is 6.69. The average molecular weight is 298 g/mol. The third-order valence-corrected chi connectivity index (χ3v) is 4.18. The van der Waals surface area contributed by atoms with Crippen LogP contribution in [0.4, 0.5) is 4.39 Å². The lowest BCUT2D eigenvalue weighted by Crippen LogP contribution is -2.30. The summed E-state index contributed by atoms with van der Waals surface area (Å²) in [6.07, 6.45) is 6.68. The molecule has 2 aromatic rings. The minimum Gasteiger partial charge on any atom is -0.336 e. The summed E-state index contributed by atoms with van der Waals surface area (Å²) in [4.78, 5) is 18.5. The molecule has 0 aliphatic carbocycles. The van der Waals surface area contributed by atoms with E-state index in [-0.39, 0.29) is 17.8 Å². The molecule has 1 aliphatic heterocycles. The Hall–Kier alpha value is -2.23. The molecule has 22 heavy (non-hydrogen) atoms. The van der Waals surface area contributed by atoms with Gasteiger partial charge in [0.05, 0.1) is 6.04 Å². The molecule has 0 N–H and O–H groups in total. The number of nitrogens with zero attached hydrogens (tertiary/aromatic N) is 2. The molecule has 0 spiro atoms. The van der Waals surface area contributed by atoms with E-state index in [1.165, 1.54) is 12.1 Å². The Morgan fingerprint density at radius 2 is 2.09 bits per heavy atom. The number of carbonyl (C=O) groups is 1. The molecule has 1 unspecified atom stereocenters. The number of carbonyl (C=O) groups excluding carboxylic acids is 1. The number of aryl methyl sites for hydroxylation is 1. The van der Waals surface area contributed by atoms with Gasteiger partial charge in [-0.1, -0.05) is 18.2 Å². The lowest BCUT2D eigenvalue weighted by molar-refractivity contribution is -0.132. The maximum atomic E-state index is 13.1.